The lowest BCUT2D eigenvalue weighted by Crippen LogP contribution is -2.37. The van der Waals surface area contributed by atoms with Crippen LogP contribution in [0.15, 0.2) is 0 Å². The van der Waals surface area contributed by atoms with E-state index in [0.717, 1.165) is 5.06 Å². The van der Waals surface area contributed by atoms with Crippen molar-refractivity contribution in [3.8, 4) is 0 Å². The van der Waals surface area contributed by atoms with Gasteiger partial charge in [0, 0.05) is 13.1 Å². The van der Waals surface area contributed by atoms with Gasteiger partial charge >= 0.3 is 12.1 Å². The van der Waals surface area contributed by atoms with E-state index in [-0.39, 0.29) is 6.04 Å². The zero-order valence-electron chi connectivity index (χ0n) is 7.68. The quantitative estimate of drug-likeness (QED) is 0.648. The number of rotatable bonds is 3. The summed E-state index contributed by atoms with van der Waals surface area (Å²) in [7, 11) is 1.29. The first-order chi connectivity index (χ1) is 5.79. The first kappa shape index (κ1) is 12.2. The molecule has 0 amide bonds. The van der Waals surface area contributed by atoms with Crippen LogP contribution in [-0.4, -0.2) is 30.3 Å². The zero-order chi connectivity index (χ0) is 10.6. The summed E-state index contributed by atoms with van der Waals surface area (Å²) in [5.74, 6) is -2.18. The molecule has 3 nitrogen and oxygen atoms in total. The Morgan fingerprint density at radius 1 is 1.54 bits per heavy atom. The third kappa shape index (κ3) is 4.12. The Morgan fingerprint density at radius 3 is 2.31 bits per heavy atom. The highest BCUT2D eigenvalue weighted by Crippen LogP contribution is 2.17. The lowest BCUT2D eigenvalue weighted by atomic mass is 10.3. The SMILES string of the molecule is CCC(C)N(C)OC(=O)C(F)(F)F. The standard InChI is InChI=1S/C7H12F3NO2/c1-4-5(2)11(3)13-6(12)7(8,9)10/h5H,4H2,1-3H3. The average molecular weight is 199 g/mol. The van der Waals surface area contributed by atoms with Crippen molar-refractivity contribution in [2.75, 3.05) is 7.05 Å². The van der Waals surface area contributed by atoms with Crippen molar-refractivity contribution in [2.24, 2.45) is 0 Å². The number of hydrogen-bond donors (Lipinski definition) is 0. The van der Waals surface area contributed by atoms with E-state index < -0.39 is 12.1 Å². The minimum absolute atomic E-state index is 0.230. The van der Waals surface area contributed by atoms with Crippen LogP contribution in [-0.2, 0) is 9.63 Å². The lowest BCUT2D eigenvalue weighted by Gasteiger charge is -2.22. The summed E-state index contributed by atoms with van der Waals surface area (Å²) in [5.41, 5.74) is 0. The highest BCUT2D eigenvalue weighted by atomic mass is 19.4. The van der Waals surface area contributed by atoms with Gasteiger partial charge in [-0.1, -0.05) is 6.92 Å². The van der Waals surface area contributed by atoms with Gasteiger partial charge in [0.15, 0.2) is 0 Å². The van der Waals surface area contributed by atoms with Gasteiger partial charge in [0.05, 0.1) is 0 Å². The minimum Gasteiger partial charge on any atom is -0.361 e. The molecule has 0 spiro atoms. The van der Waals surface area contributed by atoms with Crippen LogP contribution in [0.3, 0.4) is 0 Å². The normalized spacial score (nSPS) is 14.4. The van der Waals surface area contributed by atoms with E-state index in [4.69, 9.17) is 0 Å². The lowest BCUT2D eigenvalue weighted by molar-refractivity contribution is -0.240. The van der Waals surface area contributed by atoms with Gasteiger partial charge in [0.1, 0.15) is 0 Å². The molecule has 1 atom stereocenters. The summed E-state index contributed by atoms with van der Waals surface area (Å²) < 4.78 is 35.0. The predicted octanol–water partition coefficient (Wildman–Crippen LogP) is 1.74. The van der Waals surface area contributed by atoms with E-state index in [1.54, 1.807) is 13.8 Å². The second-order valence-corrected chi connectivity index (χ2v) is 2.68. The zero-order valence-corrected chi connectivity index (χ0v) is 7.68. The Kier molecular flexibility index (Phi) is 4.19. The Morgan fingerprint density at radius 2 is 2.00 bits per heavy atom. The number of carbonyl (C=O) groups is 1. The molecule has 0 heterocycles. The van der Waals surface area contributed by atoms with E-state index in [1.165, 1.54) is 7.05 Å². The number of hydroxylamine groups is 2. The molecule has 0 saturated carbocycles. The van der Waals surface area contributed by atoms with Crippen LogP contribution < -0.4 is 0 Å². The fraction of sp³-hybridized carbons (Fsp3) is 0.857. The van der Waals surface area contributed by atoms with Gasteiger partial charge in [-0.3, -0.25) is 0 Å². The molecular weight excluding hydrogens is 187 g/mol. The van der Waals surface area contributed by atoms with Crippen molar-refractivity contribution in [3.63, 3.8) is 0 Å². The summed E-state index contributed by atoms with van der Waals surface area (Å²) >= 11 is 0. The summed E-state index contributed by atoms with van der Waals surface area (Å²) in [5, 5.41) is 0.899. The minimum atomic E-state index is -4.93. The monoisotopic (exact) mass is 199 g/mol. The number of nitrogens with zero attached hydrogens (tertiary/aromatic N) is 1. The molecule has 0 radical (unpaired) electrons. The Bertz CT molecular complexity index is 181. The highest BCUT2D eigenvalue weighted by molar-refractivity contribution is 5.75. The molecule has 0 N–H and O–H groups in total. The summed E-state index contributed by atoms with van der Waals surface area (Å²) in [6, 6.07) is -0.230. The van der Waals surface area contributed by atoms with E-state index >= 15 is 0 Å². The average Bonchev–Trinajstić information content (AvgIpc) is 2.01. The summed E-state index contributed by atoms with van der Waals surface area (Å²) in [4.78, 5) is 14.3. The number of carbonyl (C=O) groups excluding carboxylic acids is 1. The van der Waals surface area contributed by atoms with Crippen molar-refractivity contribution >= 4 is 5.97 Å². The second kappa shape index (κ2) is 4.45. The van der Waals surface area contributed by atoms with E-state index in [2.05, 4.69) is 4.84 Å². The van der Waals surface area contributed by atoms with E-state index in [1.807, 2.05) is 0 Å². The molecule has 78 valence electrons. The first-order valence-electron chi connectivity index (χ1n) is 3.81. The number of halogens is 3. The highest BCUT2D eigenvalue weighted by Gasteiger charge is 2.42. The van der Waals surface area contributed by atoms with Crippen LogP contribution in [0.5, 0.6) is 0 Å². The van der Waals surface area contributed by atoms with Gasteiger partial charge in [0.2, 0.25) is 0 Å². The van der Waals surface area contributed by atoms with E-state index in [0.29, 0.717) is 6.42 Å². The molecule has 0 aliphatic carbocycles. The molecule has 13 heavy (non-hydrogen) atoms. The van der Waals surface area contributed by atoms with Gasteiger partial charge in [-0.2, -0.15) is 13.2 Å². The molecule has 0 aromatic heterocycles. The van der Waals surface area contributed by atoms with Crippen molar-refractivity contribution in [3.05, 3.63) is 0 Å². The van der Waals surface area contributed by atoms with Crippen LogP contribution in [0.4, 0.5) is 13.2 Å². The van der Waals surface area contributed by atoms with Crippen molar-refractivity contribution < 1.29 is 22.8 Å². The van der Waals surface area contributed by atoms with Gasteiger partial charge in [0.25, 0.3) is 0 Å². The molecule has 0 aromatic rings. The molecule has 0 fully saturated rings. The molecule has 0 rings (SSSR count). The van der Waals surface area contributed by atoms with Crippen molar-refractivity contribution in [1.82, 2.24) is 5.06 Å². The van der Waals surface area contributed by atoms with Crippen molar-refractivity contribution in [1.29, 1.82) is 0 Å². The second-order valence-electron chi connectivity index (χ2n) is 2.68. The third-order valence-corrected chi connectivity index (χ3v) is 1.67. The van der Waals surface area contributed by atoms with Gasteiger partial charge in [-0.05, 0) is 13.3 Å². The molecule has 0 aromatic carbocycles. The van der Waals surface area contributed by atoms with Crippen LogP contribution >= 0.6 is 0 Å². The molecule has 6 heteroatoms. The molecular formula is C7H12F3NO2. The van der Waals surface area contributed by atoms with Crippen LogP contribution in [0.1, 0.15) is 20.3 Å². The maximum absolute atomic E-state index is 11.7. The summed E-state index contributed by atoms with van der Waals surface area (Å²) in [6.45, 7) is 3.44. The van der Waals surface area contributed by atoms with Gasteiger partial charge in [-0.15, -0.1) is 5.06 Å². The number of alkyl halides is 3. The predicted molar refractivity (Wildman–Crippen MR) is 39.7 cm³/mol. The molecule has 0 aliphatic rings. The molecule has 1 unspecified atom stereocenters. The smallest absolute Gasteiger partial charge is 0.361 e. The van der Waals surface area contributed by atoms with Gasteiger partial charge in [-0.25, -0.2) is 4.79 Å². The molecule has 0 aliphatic heterocycles. The van der Waals surface area contributed by atoms with E-state index in [9.17, 15) is 18.0 Å². The number of hydrogen-bond acceptors (Lipinski definition) is 3. The Balaban J connectivity index is 4.07. The topological polar surface area (TPSA) is 29.5 Å². The summed E-state index contributed by atoms with van der Waals surface area (Å²) in [6.07, 6.45) is -4.33. The Labute approximate surface area is 74.4 Å². The van der Waals surface area contributed by atoms with Crippen LogP contribution in [0.25, 0.3) is 0 Å². The van der Waals surface area contributed by atoms with Crippen LogP contribution in [0.2, 0.25) is 0 Å². The van der Waals surface area contributed by atoms with Gasteiger partial charge < -0.3 is 4.84 Å². The largest absolute Gasteiger partial charge is 0.492 e. The van der Waals surface area contributed by atoms with Crippen molar-refractivity contribution in [2.45, 2.75) is 32.5 Å². The fourth-order valence-electron chi connectivity index (χ4n) is 0.530. The Hall–Kier alpha value is -0.780. The molecule has 0 saturated heterocycles. The third-order valence-electron chi connectivity index (χ3n) is 1.67. The van der Waals surface area contributed by atoms with Crippen LogP contribution in [0, 0.1) is 0 Å². The maximum Gasteiger partial charge on any atom is 0.492 e. The first-order valence-corrected chi connectivity index (χ1v) is 3.81. The maximum atomic E-state index is 11.7. The molecule has 0 bridgehead atoms. The fourth-order valence-corrected chi connectivity index (χ4v) is 0.530.